The van der Waals surface area contributed by atoms with Crippen LogP contribution in [-0.4, -0.2) is 84.8 Å². The summed E-state index contributed by atoms with van der Waals surface area (Å²) in [6, 6.07) is 15.0. The van der Waals surface area contributed by atoms with E-state index in [1.807, 2.05) is 42.5 Å². The van der Waals surface area contributed by atoms with Crippen LogP contribution in [0.1, 0.15) is 30.9 Å². The van der Waals surface area contributed by atoms with Gasteiger partial charge in [0.05, 0.1) is 25.7 Å². The molecule has 4 aliphatic heterocycles. The minimum absolute atomic E-state index is 0.0606. The standard InChI is InChI=1S/C34H37N3O8/c1-43-24-14-12-23(13-15-24)36-18-7-3-6-11-27(39)35-21-26(22-9-4-2-5-10-22)44-33(42)28-25-16-17-34(45-25)29(28)31(40)37(19-8-20-38)30(34)32(36)41/h2-5,7,9-10,12-17,25-26,28-30,38H,6,8,11,18-21H2,1H3,(H,35,39)/b7-3-/t25-,26-,28+,29+,30-,34+/m1/s1. The summed E-state index contributed by atoms with van der Waals surface area (Å²) in [4.78, 5) is 58.6. The Kier molecular flexibility index (Phi) is 8.73. The normalized spacial score (nSPS) is 30.7. The fourth-order valence-corrected chi connectivity index (χ4v) is 6.85. The van der Waals surface area contributed by atoms with Crippen LogP contribution in [0.5, 0.6) is 5.75 Å². The van der Waals surface area contributed by atoms with Crippen molar-refractivity contribution in [3.63, 3.8) is 0 Å². The number of aliphatic hydroxyl groups is 1. The van der Waals surface area contributed by atoms with E-state index in [0.29, 0.717) is 23.4 Å². The van der Waals surface area contributed by atoms with E-state index in [9.17, 15) is 24.3 Å². The average Bonchev–Trinajstić information content (AvgIpc) is 3.70. The summed E-state index contributed by atoms with van der Waals surface area (Å²) in [5.74, 6) is -3.00. The summed E-state index contributed by atoms with van der Waals surface area (Å²) in [7, 11) is 1.56. The van der Waals surface area contributed by atoms with Gasteiger partial charge in [0.2, 0.25) is 11.8 Å². The Morgan fingerprint density at radius 1 is 1.02 bits per heavy atom. The number of cyclic esters (lactones) is 1. The lowest BCUT2D eigenvalue weighted by Gasteiger charge is -2.36. The Hall–Kier alpha value is -4.48. The number of hydrogen-bond acceptors (Lipinski definition) is 8. The topological polar surface area (TPSA) is 135 Å². The van der Waals surface area contributed by atoms with Gasteiger partial charge in [0.1, 0.15) is 29.4 Å². The number of allylic oxidation sites excluding steroid dienone is 1. The molecule has 0 unspecified atom stereocenters. The number of hydrogen-bond donors (Lipinski definition) is 2. The first-order chi connectivity index (χ1) is 21.9. The Balaban J connectivity index is 1.42. The highest BCUT2D eigenvalue weighted by atomic mass is 16.6. The molecule has 0 aliphatic carbocycles. The first-order valence-corrected chi connectivity index (χ1v) is 15.3. The number of fused-ring (bicyclic) bond motifs is 2. The summed E-state index contributed by atoms with van der Waals surface area (Å²) in [6.45, 7) is 0.160. The highest BCUT2D eigenvalue weighted by molar-refractivity contribution is 6.05. The molecule has 11 heteroatoms. The molecule has 6 rings (SSSR count). The van der Waals surface area contributed by atoms with Gasteiger partial charge in [-0.25, -0.2) is 0 Å². The number of nitrogens with zero attached hydrogens (tertiary/aromatic N) is 2. The van der Waals surface area contributed by atoms with Gasteiger partial charge in [0, 0.05) is 31.8 Å². The maximum Gasteiger partial charge on any atom is 0.313 e. The number of methoxy groups -OCH3 is 1. The quantitative estimate of drug-likeness (QED) is 0.374. The van der Waals surface area contributed by atoms with E-state index in [0.717, 1.165) is 0 Å². The van der Waals surface area contributed by atoms with Gasteiger partial charge in [-0.05, 0) is 42.7 Å². The molecule has 3 amide bonds. The van der Waals surface area contributed by atoms with Crippen LogP contribution in [0.25, 0.3) is 0 Å². The van der Waals surface area contributed by atoms with Crippen molar-refractivity contribution in [2.45, 2.75) is 43.1 Å². The molecule has 4 aliphatic rings. The molecule has 236 valence electrons. The van der Waals surface area contributed by atoms with Gasteiger partial charge in [0.25, 0.3) is 5.91 Å². The first kappa shape index (κ1) is 30.5. The minimum atomic E-state index is -1.39. The van der Waals surface area contributed by atoms with Gasteiger partial charge in [-0.3, -0.25) is 19.2 Å². The summed E-state index contributed by atoms with van der Waals surface area (Å²) in [5.41, 5.74) is -0.117. The third kappa shape index (κ3) is 5.62. The molecule has 5 bridgehead atoms. The maximum atomic E-state index is 14.7. The molecule has 45 heavy (non-hydrogen) atoms. The summed E-state index contributed by atoms with van der Waals surface area (Å²) < 4.78 is 17.8. The minimum Gasteiger partial charge on any atom is -0.497 e. The van der Waals surface area contributed by atoms with Crippen molar-refractivity contribution >= 4 is 29.4 Å². The van der Waals surface area contributed by atoms with Crippen LogP contribution in [0.2, 0.25) is 0 Å². The third-order valence-corrected chi connectivity index (χ3v) is 8.99. The molecule has 4 heterocycles. The first-order valence-electron chi connectivity index (χ1n) is 15.3. The number of amides is 3. The Morgan fingerprint density at radius 2 is 1.80 bits per heavy atom. The number of anilines is 1. The average molecular weight is 616 g/mol. The van der Waals surface area contributed by atoms with Crippen LogP contribution < -0.4 is 15.0 Å². The molecular formula is C34H37N3O8. The Labute approximate surface area is 261 Å². The lowest BCUT2D eigenvalue weighted by molar-refractivity contribution is -0.159. The molecule has 2 aromatic carbocycles. The zero-order valence-corrected chi connectivity index (χ0v) is 25.0. The van der Waals surface area contributed by atoms with Crippen molar-refractivity contribution < 1.29 is 38.5 Å². The molecule has 2 fully saturated rings. The highest BCUT2D eigenvalue weighted by Crippen LogP contribution is 2.56. The van der Waals surface area contributed by atoms with Gasteiger partial charge in [-0.15, -0.1) is 0 Å². The van der Waals surface area contributed by atoms with Crippen molar-refractivity contribution in [2.24, 2.45) is 11.8 Å². The van der Waals surface area contributed by atoms with E-state index >= 15 is 0 Å². The lowest BCUT2D eigenvalue weighted by Crippen LogP contribution is -2.56. The molecule has 11 nitrogen and oxygen atoms in total. The lowest BCUT2D eigenvalue weighted by atomic mass is 9.74. The number of carbonyl (C=O) groups is 4. The smallest absolute Gasteiger partial charge is 0.313 e. The molecule has 1 spiro atoms. The zero-order valence-electron chi connectivity index (χ0n) is 25.0. The second kappa shape index (κ2) is 12.9. The Bertz CT molecular complexity index is 1490. The number of nitrogens with one attached hydrogen (secondary N) is 1. The number of ether oxygens (including phenoxy) is 3. The van der Waals surface area contributed by atoms with E-state index in [-0.39, 0.29) is 50.9 Å². The number of rotatable bonds is 6. The third-order valence-electron chi connectivity index (χ3n) is 8.99. The number of likely N-dealkylation sites (tertiary alicyclic amines) is 1. The summed E-state index contributed by atoms with van der Waals surface area (Å²) >= 11 is 0. The number of aliphatic hydroxyl groups excluding tert-OH is 1. The van der Waals surface area contributed by atoms with Crippen LogP contribution in [0, 0.1) is 11.8 Å². The van der Waals surface area contributed by atoms with Gasteiger partial charge in [0.15, 0.2) is 0 Å². The van der Waals surface area contributed by atoms with E-state index in [4.69, 9.17) is 14.2 Å². The SMILES string of the molecule is COc1ccc(N2C/C=C\CCC(=O)NC[C@H](c3ccccc3)OC(=O)[C@@H]3[C@H]4C(=O)N(CCCO)[C@H](C2=O)[C@]42C=C[C@H]3O2)cc1. The number of carbonyl (C=O) groups excluding carboxylic acids is 4. The monoisotopic (exact) mass is 615 g/mol. The van der Waals surface area contributed by atoms with E-state index < -0.39 is 47.6 Å². The largest absolute Gasteiger partial charge is 0.497 e. The van der Waals surface area contributed by atoms with Crippen molar-refractivity contribution in [1.82, 2.24) is 10.2 Å². The predicted octanol–water partition coefficient (Wildman–Crippen LogP) is 2.31. The molecule has 0 saturated carbocycles. The maximum absolute atomic E-state index is 14.7. The van der Waals surface area contributed by atoms with Crippen molar-refractivity contribution in [2.75, 3.05) is 38.3 Å². The van der Waals surface area contributed by atoms with Gasteiger partial charge in [-0.2, -0.15) is 0 Å². The second-order valence-electron chi connectivity index (χ2n) is 11.6. The van der Waals surface area contributed by atoms with E-state index in [2.05, 4.69) is 5.32 Å². The van der Waals surface area contributed by atoms with Crippen molar-refractivity contribution in [3.05, 3.63) is 84.5 Å². The van der Waals surface area contributed by atoms with Crippen molar-refractivity contribution in [3.8, 4) is 5.75 Å². The summed E-state index contributed by atoms with van der Waals surface area (Å²) in [6.07, 6.45) is 6.47. The highest BCUT2D eigenvalue weighted by Gasteiger charge is 2.73. The van der Waals surface area contributed by atoms with Crippen LogP contribution in [0.3, 0.4) is 0 Å². The molecule has 0 aromatic heterocycles. The van der Waals surface area contributed by atoms with Gasteiger partial charge >= 0.3 is 5.97 Å². The van der Waals surface area contributed by atoms with Gasteiger partial charge < -0.3 is 34.4 Å². The second-order valence-corrected chi connectivity index (χ2v) is 11.6. The molecule has 0 radical (unpaired) electrons. The van der Waals surface area contributed by atoms with Gasteiger partial charge in [-0.1, -0.05) is 54.6 Å². The Morgan fingerprint density at radius 3 is 2.53 bits per heavy atom. The number of esters is 1. The predicted molar refractivity (Wildman–Crippen MR) is 163 cm³/mol. The zero-order chi connectivity index (χ0) is 31.6. The van der Waals surface area contributed by atoms with Crippen LogP contribution in [0.15, 0.2) is 78.9 Å². The fourth-order valence-electron chi connectivity index (χ4n) is 6.85. The fraction of sp³-hybridized carbons (Fsp3) is 0.412. The molecule has 2 N–H and O–H groups in total. The molecular weight excluding hydrogens is 578 g/mol. The molecule has 6 atom stereocenters. The molecule has 2 saturated heterocycles. The van der Waals surface area contributed by atoms with Crippen LogP contribution in [-0.2, 0) is 28.7 Å². The number of benzene rings is 2. The summed E-state index contributed by atoms with van der Waals surface area (Å²) in [5, 5.41) is 12.5. The molecule has 2 aromatic rings. The van der Waals surface area contributed by atoms with Crippen LogP contribution >= 0.6 is 0 Å². The van der Waals surface area contributed by atoms with E-state index in [1.54, 1.807) is 48.4 Å². The van der Waals surface area contributed by atoms with Crippen molar-refractivity contribution in [1.29, 1.82) is 0 Å². The van der Waals surface area contributed by atoms with E-state index in [1.165, 1.54) is 4.90 Å². The van der Waals surface area contributed by atoms with Crippen LogP contribution in [0.4, 0.5) is 5.69 Å².